The number of rotatable bonds is 6. The van der Waals surface area contributed by atoms with Gasteiger partial charge >= 0.3 is 0 Å². The monoisotopic (exact) mass is 573 g/mol. The second-order valence-electron chi connectivity index (χ2n) is 14.5. The molecule has 0 spiro atoms. The molecule has 0 radical (unpaired) electrons. The third-order valence-electron chi connectivity index (χ3n) is 12.6. The van der Waals surface area contributed by atoms with Crippen LogP contribution in [0, 0.1) is 46.3 Å². The van der Waals surface area contributed by atoms with E-state index in [1.165, 1.54) is 0 Å². The predicted octanol–water partition coefficient (Wildman–Crippen LogP) is 4.67. The molecule has 1 amide bonds. The summed E-state index contributed by atoms with van der Waals surface area (Å²) in [4.78, 5) is 14.9. The Kier molecular flexibility index (Phi) is 7.75. The number of amides is 1. The number of sulfone groups is 1. The maximum absolute atomic E-state index is 14.8. The van der Waals surface area contributed by atoms with Gasteiger partial charge < -0.3 is 15.1 Å². The zero-order chi connectivity index (χ0) is 28.5. The molecular formula is C30H49F2NO5S. The van der Waals surface area contributed by atoms with Crippen molar-refractivity contribution in [3.05, 3.63) is 0 Å². The number of fused-ring (bicyclic) bond motifs is 5. The first-order chi connectivity index (χ1) is 18.1. The molecule has 1 heterocycles. The Bertz CT molecular complexity index is 1050. The molecule has 0 aromatic carbocycles. The van der Waals surface area contributed by atoms with Gasteiger partial charge in [0.05, 0.1) is 17.6 Å². The number of halogens is 2. The highest BCUT2D eigenvalue weighted by Gasteiger charge is 2.66. The maximum atomic E-state index is 14.8. The van der Waals surface area contributed by atoms with E-state index in [0.29, 0.717) is 37.6 Å². The highest BCUT2D eigenvalue weighted by Crippen LogP contribution is 2.69. The molecular weight excluding hydrogens is 524 g/mol. The van der Waals surface area contributed by atoms with Crippen molar-refractivity contribution in [2.24, 2.45) is 46.3 Å². The fraction of sp³-hybridized carbons (Fsp3) is 0.967. The average molecular weight is 574 g/mol. The van der Waals surface area contributed by atoms with Gasteiger partial charge in [0.15, 0.2) is 9.84 Å². The third-order valence-corrected chi connectivity index (χ3v) is 14.3. The number of aliphatic hydroxyl groups is 2. The number of carbonyl (C=O) groups excluding carboxylic acids is 1. The minimum atomic E-state index is -3.08. The van der Waals surface area contributed by atoms with Gasteiger partial charge in [0.25, 0.3) is 5.92 Å². The van der Waals surface area contributed by atoms with E-state index in [9.17, 15) is 32.2 Å². The van der Waals surface area contributed by atoms with E-state index in [1.807, 2.05) is 13.8 Å². The van der Waals surface area contributed by atoms with E-state index in [-0.39, 0.29) is 65.4 Å². The van der Waals surface area contributed by atoms with Gasteiger partial charge in [-0.05, 0) is 105 Å². The number of carbonyl (C=O) groups is 1. The molecule has 6 nitrogen and oxygen atoms in total. The summed E-state index contributed by atoms with van der Waals surface area (Å²) in [6.45, 7) is 9.00. The zero-order valence-electron chi connectivity index (χ0n) is 24.1. The molecule has 224 valence electrons. The summed E-state index contributed by atoms with van der Waals surface area (Å²) in [5, 5.41) is 21.5. The van der Waals surface area contributed by atoms with Gasteiger partial charge in [0.1, 0.15) is 6.10 Å². The minimum Gasteiger partial charge on any atom is -0.393 e. The summed E-state index contributed by atoms with van der Waals surface area (Å²) < 4.78 is 53.5. The second kappa shape index (κ2) is 10.2. The van der Waals surface area contributed by atoms with Gasteiger partial charge in [-0.3, -0.25) is 4.79 Å². The highest BCUT2D eigenvalue weighted by atomic mass is 32.2. The number of aliphatic hydroxyl groups excluding tert-OH is 2. The van der Waals surface area contributed by atoms with Crippen molar-refractivity contribution in [1.29, 1.82) is 0 Å². The Morgan fingerprint density at radius 1 is 1.05 bits per heavy atom. The first-order valence-corrected chi connectivity index (χ1v) is 17.2. The summed E-state index contributed by atoms with van der Waals surface area (Å²) in [7, 11) is -3.05. The topological polar surface area (TPSA) is 94.9 Å². The van der Waals surface area contributed by atoms with E-state index in [2.05, 4.69) is 13.8 Å². The lowest BCUT2D eigenvalue weighted by atomic mass is 9.43. The Hall–Kier alpha value is -0.800. The standard InChI is InChI=1S/C30H49F2NO5S/c1-5-33(20-11-13-39(37,38)16-20)26(36)9-6-18(2)21-7-8-22-27-23(10-12-28(21,22)3)29(4)17-30(31,32)25(35)15-19(29)14-24(27)34/h18-25,27,34-35H,5-17H2,1-4H3/t18-,19-,20?,21-,22?,23?,24?,25-,27?,28-,29+/m1/s1. The maximum Gasteiger partial charge on any atom is 0.274 e. The van der Waals surface area contributed by atoms with Gasteiger partial charge in [-0.25, -0.2) is 17.2 Å². The van der Waals surface area contributed by atoms with Gasteiger partial charge in [-0.2, -0.15) is 0 Å². The van der Waals surface area contributed by atoms with Crippen LogP contribution in [0.15, 0.2) is 0 Å². The van der Waals surface area contributed by atoms with E-state index in [1.54, 1.807) is 4.90 Å². The summed E-state index contributed by atoms with van der Waals surface area (Å²) in [5.41, 5.74) is -0.560. The zero-order valence-corrected chi connectivity index (χ0v) is 24.9. The van der Waals surface area contributed by atoms with Gasteiger partial charge in [0, 0.05) is 25.4 Å². The van der Waals surface area contributed by atoms with Crippen LogP contribution >= 0.6 is 0 Å². The Morgan fingerprint density at radius 3 is 2.38 bits per heavy atom. The normalized spacial score (nSPS) is 47.1. The van der Waals surface area contributed by atoms with Crippen molar-refractivity contribution in [2.45, 2.75) is 116 Å². The molecule has 5 fully saturated rings. The molecule has 2 N–H and O–H groups in total. The van der Waals surface area contributed by atoms with E-state index in [0.717, 1.165) is 32.1 Å². The lowest BCUT2D eigenvalue weighted by Crippen LogP contribution is -2.62. The fourth-order valence-electron chi connectivity index (χ4n) is 10.6. The summed E-state index contributed by atoms with van der Waals surface area (Å²) in [6.07, 6.45) is 3.62. The van der Waals surface area contributed by atoms with Crippen molar-refractivity contribution in [2.75, 3.05) is 18.1 Å². The first kappa shape index (κ1) is 29.7. The van der Waals surface area contributed by atoms with Crippen LogP contribution in [0.1, 0.15) is 91.9 Å². The number of hydrogen-bond donors (Lipinski definition) is 2. The molecule has 9 heteroatoms. The predicted molar refractivity (Wildman–Crippen MR) is 146 cm³/mol. The van der Waals surface area contributed by atoms with Gasteiger partial charge in [-0.15, -0.1) is 0 Å². The number of hydrogen-bond acceptors (Lipinski definition) is 5. The minimum absolute atomic E-state index is 0.00841. The second-order valence-corrected chi connectivity index (χ2v) is 16.7. The molecule has 0 bridgehead atoms. The Labute approximate surface area is 233 Å². The summed E-state index contributed by atoms with van der Waals surface area (Å²) in [6, 6.07) is -0.210. The van der Waals surface area contributed by atoms with Crippen molar-refractivity contribution < 1.29 is 32.2 Å². The number of alkyl halides is 2. The highest BCUT2D eigenvalue weighted by molar-refractivity contribution is 7.91. The van der Waals surface area contributed by atoms with Crippen LogP contribution in [-0.2, 0) is 14.6 Å². The molecule has 0 aromatic rings. The van der Waals surface area contributed by atoms with Crippen molar-refractivity contribution >= 4 is 15.7 Å². The summed E-state index contributed by atoms with van der Waals surface area (Å²) in [5.74, 6) is -1.84. The molecule has 0 aromatic heterocycles. The molecule has 5 rings (SSSR count). The largest absolute Gasteiger partial charge is 0.393 e. The van der Waals surface area contributed by atoms with Crippen LogP contribution in [0.4, 0.5) is 8.78 Å². The lowest BCUT2D eigenvalue weighted by Gasteiger charge is -2.63. The van der Waals surface area contributed by atoms with Crippen LogP contribution in [0.25, 0.3) is 0 Å². The summed E-state index contributed by atoms with van der Waals surface area (Å²) >= 11 is 0. The molecule has 39 heavy (non-hydrogen) atoms. The molecule has 5 unspecified atom stereocenters. The van der Waals surface area contributed by atoms with E-state index in [4.69, 9.17) is 0 Å². The molecule has 11 atom stereocenters. The van der Waals surface area contributed by atoms with E-state index < -0.39 is 33.4 Å². The SMILES string of the molecule is CCN(C(=O)CC[C@@H](C)[C@H]1CCC2C3C(O)C[C@@H]4C[C@@H](O)C(F)(F)C[C@]4(C)C3CC[C@@]21C)C1CCS(=O)(=O)C1. The molecule has 1 aliphatic heterocycles. The molecule has 5 aliphatic rings. The van der Waals surface area contributed by atoms with Crippen LogP contribution in [-0.4, -0.2) is 71.7 Å². The molecule has 4 saturated carbocycles. The smallest absolute Gasteiger partial charge is 0.274 e. The van der Waals surface area contributed by atoms with Gasteiger partial charge in [-0.1, -0.05) is 20.8 Å². The molecule has 4 aliphatic carbocycles. The van der Waals surface area contributed by atoms with E-state index >= 15 is 0 Å². The van der Waals surface area contributed by atoms with Crippen molar-refractivity contribution in [3.8, 4) is 0 Å². The van der Waals surface area contributed by atoms with Crippen LogP contribution in [0.5, 0.6) is 0 Å². The van der Waals surface area contributed by atoms with Gasteiger partial charge in [0.2, 0.25) is 5.91 Å². The van der Waals surface area contributed by atoms with Crippen LogP contribution in [0.2, 0.25) is 0 Å². The fourth-order valence-corrected chi connectivity index (χ4v) is 12.3. The third kappa shape index (κ3) is 4.98. The Balaban J connectivity index is 1.26. The Morgan fingerprint density at radius 2 is 1.74 bits per heavy atom. The lowest BCUT2D eigenvalue weighted by molar-refractivity contribution is -0.236. The van der Waals surface area contributed by atoms with Crippen molar-refractivity contribution in [3.63, 3.8) is 0 Å². The number of nitrogens with zero attached hydrogens (tertiary/aromatic N) is 1. The van der Waals surface area contributed by atoms with Crippen molar-refractivity contribution in [1.82, 2.24) is 4.90 Å². The van der Waals surface area contributed by atoms with Crippen LogP contribution in [0.3, 0.4) is 0 Å². The average Bonchev–Trinajstić information content (AvgIpc) is 3.38. The molecule has 1 saturated heterocycles. The quantitative estimate of drug-likeness (QED) is 0.482. The first-order valence-electron chi connectivity index (χ1n) is 15.4. The van der Waals surface area contributed by atoms with Crippen LogP contribution < -0.4 is 0 Å².